The standard InChI is InChI=1S/C23H19ClO2/c1-15-20-10-3-2-7-17(20)13-18-8-5-11-21(22(15)18)26-23(25)19-9-4-6-16(12-19)14-24/h2-12,21-22H,1,13-14H2. The maximum Gasteiger partial charge on any atom is 0.338 e. The first kappa shape index (κ1) is 16.9. The van der Waals surface area contributed by atoms with Crippen LogP contribution in [-0.4, -0.2) is 12.1 Å². The van der Waals surface area contributed by atoms with Crippen LogP contribution in [0.3, 0.4) is 0 Å². The minimum atomic E-state index is -0.344. The monoisotopic (exact) mass is 362 g/mol. The van der Waals surface area contributed by atoms with Gasteiger partial charge in [-0.15, -0.1) is 11.6 Å². The number of alkyl halides is 1. The zero-order chi connectivity index (χ0) is 18.1. The SMILES string of the molecule is C=C1c2ccccc2CC2=CC=CC(OC(=O)c3cccc(CCl)c3)C12. The lowest BCUT2D eigenvalue weighted by Gasteiger charge is -2.35. The molecule has 2 unspecified atom stereocenters. The molecular weight excluding hydrogens is 344 g/mol. The smallest absolute Gasteiger partial charge is 0.338 e. The molecule has 0 spiro atoms. The van der Waals surface area contributed by atoms with Crippen LogP contribution in [-0.2, 0) is 17.0 Å². The van der Waals surface area contributed by atoms with Crippen molar-refractivity contribution in [1.82, 2.24) is 0 Å². The van der Waals surface area contributed by atoms with Crippen LogP contribution in [0.15, 0.2) is 78.9 Å². The molecule has 0 heterocycles. The largest absolute Gasteiger partial charge is 0.454 e. The van der Waals surface area contributed by atoms with Crippen LogP contribution in [0, 0.1) is 5.92 Å². The third kappa shape index (κ3) is 3.02. The maximum absolute atomic E-state index is 12.7. The Morgan fingerprint density at radius 3 is 2.88 bits per heavy atom. The van der Waals surface area contributed by atoms with Crippen molar-refractivity contribution in [3.63, 3.8) is 0 Å². The second kappa shape index (κ2) is 6.97. The molecule has 2 aliphatic rings. The molecule has 0 radical (unpaired) electrons. The average molecular weight is 363 g/mol. The van der Waals surface area contributed by atoms with Crippen LogP contribution >= 0.6 is 11.6 Å². The van der Waals surface area contributed by atoms with Gasteiger partial charge in [-0.2, -0.15) is 0 Å². The summed E-state index contributed by atoms with van der Waals surface area (Å²) in [5.41, 5.74) is 6.11. The van der Waals surface area contributed by atoms with Gasteiger partial charge in [0.15, 0.2) is 0 Å². The van der Waals surface area contributed by atoms with Crippen molar-refractivity contribution in [3.8, 4) is 0 Å². The summed E-state index contributed by atoms with van der Waals surface area (Å²) in [6.07, 6.45) is 6.55. The molecule has 0 aromatic heterocycles. The zero-order valence-corrected chi connectivity index (χ0v) is 15.1. The van der Waals surface area contributed by atoms with Crippen LogP contribution in [0.2, 0.25) is 0 Å². The number of carbonyl (C=O) groups is 1. The van der Waals surface area contributed by atoms with Crippen molar-refractivity contribution in [2.45, 2.75) is 18.4 Å². The molecular formula is C23H19ClO2. The van der Waals surface area contributed by atoms with E-state index >= 15 is 0 Å². The lowest BCUT2D eigenvalue weighted by Crippen LogP contribution is -2.32. The highest BCUT2D eigenvalue weighted by Crippen LogP contribution is 2.42. The van der Waals surface area contributed by atoms with E-state index in [0.29, 0.717) is 11.4 Å². The Balaban J connectivity index is 1.60. The summed E-state index contributed by atoms with van der Waals surface area (Å²) >= 11 is 5.87. The average Bonchev–Trinajstić information content (AvgIpc) is 2.68. The molecule has 2 atom stereocenters. The van der Waals surface area contributed by atoms with Gasteiger partial charge in [0.1, 0.15) is 6.10 Å². The van der Waals surface area contributed by atoms with E-state index in [1.165, 1.54) is 11.1 Å². The summed E-state index contributed by atoms with van der Waals surface area (Å²) in [4.78, 5) is 12.7. The van der Waals surface area contributed by atoms with Gasteiger partial charge in [-0.3, -0.25) is 0 Å². The minimum absolute atomic E-state index is 0.00457. The number of hydrogen-bond donors (Lipinski definition) is 0. The molecule has 0 N–H and O–H groups in total. The van der Waals surface area contributed by atoms with E-state index in [1.807, 2.05) is 36.4 Å². The van der Waals surface area contributed by atoms with E-state index in [4.69, 9.17) is 16.3 Å². The molecule has 26 heavy (non-hydrogen) atoms. The Labute approximate surface area is 158 Å². The molecule has 0 amide bonds. The highest BCUT2D eigenvalue weighted by atomic mass is 35.5. The molecule has 130 valence electrons. The lowest BCUT2D eigenvalue weighted by atomic mass is 9.72. The highest BCUT2D eigenvalue weighted by molar-refractivity contribution is 6.17. The van der Waals surface area contributed by atoms with Gasteiger partial charge in [0.05, 0.1) is 5.56 Å². The van der Waals surface area contributed by atoms with E-state index in [9.17, 15) is 4.79 Å². The molecule has 2 aliphatic carbocycles. The summed E-state index contributed by atoms with van der Waals surface area (Å²) in [7, 11) is 0. The molecule has 0 saturated heterocycles. The fourth-order valence-electron chi connectivity index (χ4n) is 3.76. The predicted octanol–water partition coefficient (Wildman–Crippen LogP) is 5.33. The molecule has 0 fully saturated rings. The number of allylic oxidation sites excluding steroid dienone is 2. The molecule has 2 nitrogen and oxygen atoms in total. The van der Waals surface area contributed by atoms with Crippen molar-refractivity contribution in [3.05, 3.63) is 101 Å². The second-order valence-electron chi connectivity index (χ2n) is 6.67. The first-order valence-electron chi connectivity index (χ1n) is 8.67. The van der Waals surface area contributed by atoms with Crippen molar-refractivity contribution in [1.29, 1.82) is 0 Å². The Morgan fingerprint density at radius 2 is 2.04 bits per heavy atom. The predicted molar refractivity (Wildman–Crippen MR) is 105 cm³/mol. The van der Waals surface area contributed by atoms with Crippen LogP contribution in [0.4, 0.5) is 0 Å². The quantitative estimate of drug-likeness (QED) is 0.544. The van der Waals surface area contributed by atoms with Crippen molar-refractivity contribution >= 4 is 23.1 Å². The van der Waals surface area contributed by atoms with Crippen LogP contribution < -0.4 is 0 Å². The van der Waals surface area contributed by atoms with Gasteiger partial charge in [0, 0.05) is 11.8 Å². The summed E-state index contributed by atoms with van der Waals surface area (Å²) in [5, 5.41) is 0. The van der Waals surface area contributed by atoms with Crippen LogP contribution in [0.25, 0.3) is 5.57 Å². The topological polar surface area (TPSA) is 26.3 Å². The number of ether oxygens (including phenoxy) is 1. The van der Waals surface area contributed by atoms with Crippen molar-refractivity contribution < 1.29 is 9.53 Å². The number of fused-ring (bicyclic) bond motifs is 2. The lowest BCUT2D eigenvalue weighted by molar-refractivity contribution is 0.0346. The number of benzene rings is 2. The normalized spacial score (nSPS) is 20.8. The number of halogens is 1. The summed E-state index contributed by atoms with van der Waals surface area (Å²) in [6.45, 7) is 4.31. The molecule has 0 saturated carbocycles. The third-order valence-corrected chi connectivity index (χ3v) is 5.34. The van der Waals surface area contributed by atoms with Gasteiger partial charge in [-0.05, 0) is 46.9 Å². The first-order valence-corrected chi connectivity index (χ1v) is 9.21. The van der Waals surface area contributed by atoms with Gasteiger partial charge in [-0.1, -0.05) is 60.7 Å². The van der Waals surface area contributed by atoms with Gasteiger partial charge >= 0.3 is 5.97 Å². The van der Waals surface area contributed by atoms with E-state index in [-0.39, 0.29) is 18.0 Å². The van der Waals surface area contributed by atoms with Gasteiger partial charge in [-0.25, -0.2) is 4.79 Å². The fraction of sp³-hybridized carbons (Fsp3) is 0.174. The Hall–Kier alpha value is -2.58. The van der Waals surface area contributed by atoms with Gasteiger partial charge < -0.3 is 4.74 Å². The van der Waals surface area contributed by atoms with E-state index in [2.05, 4.69) is 24.8 Å². The Morgan fingerprint density at radius 1 is 1.19 bits per heavy atom. The maximum atomic E-state index is 12.7. The fourth-order valence-corrected chi connectivity index (χ4v) is 3.93. The molecule has 4 rings (SSSR count). The van der Waals surface area contributed by atoms with Crippen molar-refractivity contribution in [2.75, 3.05) is 0 Å². The van der Waals surface area contributed by atoms with Crippen LogP contribution in [0.1, 0.15) is 27.0 Å². The third-order valence-electron chi connectivity index (χ3n) is 5.03. The van der Waals surface area contributed by atoms with Crippen LogP contribution in [0.5, 0.6) is 0 Å². The summed E-state index contributed by atoms with van der Waals surface area (Å²) in [6, 6.07) is 15.6. The van der Waals surface area contributed by atoms with E-state index < -0.39 is 0 Å². The minimum Gasteiger partial charge on any atom is -0.454 e. The Bertz CT molecular complexity index is 939. The second-order valence-corrected chi connectivity index (χ2v) is 6.93. The Kier molecular flexibility index (Phi) is 4.52. The number of hydrogen-bond acceptors (Lipinski definition) is 2. The van der Waals surface area contributed by atoms with Gasteiger partial charge in [0.25, 0.3) is 0 Å². The van der Waals surface area contributed by atoms with Gasteiger partial charge in [0.2, 0.25) is 0 Å². The number of esters is 1. The number of carbonyl (C=O) groups excluding carboxylic acids is 1. The summed E-state index contributed by atoms with van der Waals surface area (Å²) in [5.74, 6) is 0.0303. The van der Waals surface area contributed by atoms with Crippen molar-refractivity contribution in [2.24, 2.45) is 5.92 Å². The van der Waals surface area contributed by atoms with E-state index in [1.54, 1.807) is 12.1 Å². The highest BCUT2D eigenvalue weighted by Gasteiger charge is 2.35. The summed E-state index contributed by atoms with van der Waals surface area (Å²) < 4.78 is 5.86. The molecule has 0 aliphatic heterocycles. The van der Waals surface area contributed by atoms with E-state index in [0.717, 1.165) is 23.1 Å². The first-order chi connectivity index (χ1) is 12.7. The molecule has 3 heteroatoms. The number of rotatable bonds is 3. The zero-order valence-electron chi connectivity index (χ0n) is 14.3. The molecule has 0 bridgehead atoms. The molecule has 2 aromatic rings. The molecule has 2 aromatic carbocycles.